The van der Waals surface area contributed by atoms with E-state index in [-0.39, 0.29) is 12.4 Å². The molecule has 0 spiro atoms. The van der Waals surface area contributed by atoms with Gasteiger partial charge in [0.25, 0.3) is 0 Å². The third-order valence-electron chi connectivity index (χ3n) is 1.82. The molecular formula is C9H12FN3O2. The number of rotatable bonds is 4. The molecule has 0 bridgehead atoms. The summed E-state index contributed by atoms with van der Waals surface area (Å²) in [5, 5.41) is 2.54. The predicted molar refractivity (Wildman–Crippen MR) is 51.9 cm³/mol. The first-order valence-corrected chi connectivity index (χ1v) is 4.49. The molecule has 0 saturated heterocycles. The molecule has 0 aromatic carbocycles. The van der Waals surface area contributed by atoms with E-state index in [1.54, 1.807) is 6.92 Å². The zero-order chi connectivity index (χ0) is 11.3. The molecule has 0 radical (unpaired) electrons. The first-order chi connectivity index (χ1) is 7.19. The molecule has 0 unspecified atom stereocenters. The van der Waals surface area contributed by atoms with Gasteiger partial charge in [-0.05, 0) is 6.42 Å². The smallest absolute Gasteiger partial charge is 0.325 e. The summed E-state index contributed by atoms with van der Waals surface area (Å²) in [7, 11) is 1.26. The third kappa shape index (κ3) is 2.87. The van der Waals surface area contributed by atoms with E-state index in [4.69, 9.17) is 0 Å². The number of carbonyl (C=O) groups excluding carboxylic acids is 1. The summed E-state index contributed by atoms with van der Waals surface area (Å²) >= 11 is 0. The SMILES string of the molecule is CCc1ncnc(NCC(=O)OC)c1F. The van der Waals surface area contributed by atoms with Gasteiger partial charge in [-0.3, -0.25) is 4.79 Å². The van der Waals surface area contributed by atoms with Crippen LogP contribution in [0.4, 0.5) is 10.2 Å². The predicted octanol–water partition coefficient (Wildman–Crippen LogP) is 0.763. The summed E-state index contributed by atoms with van der Waals surface area (Å²) in [5.41, 5.74) is 0.317. The number of ether oxygens (including phenoxy) is 1. The highest BCUT2D eigenvalue weighted by molar-refractivity contribution is 5.74. The zero-order valence-corrected chi connectivity index (χ0v) is 8.58. The van der Waals surface area contributed by atoms with Crippen LogP contribution in [-0.4, -0.2) is 29.6 Å². The zero-order valence-electron chi connectivity index (χ0n) is 8.58. The van der Waals surface area contributed by atoms with Crippen molar-refractivity contribution >= 4 is 11.8 Å². The van der Waals surface area contributed by atoms with E-state index in [1.165, 1.54) is 13.4 Å². The average Bonchev–Trinajstić information content (AvgIpc) is 2.27. The number of aryl methyl sites for hydroxylation is 1. The molecule has 1 heterocycles. The quantitative estimate of drug-likeness (QED) is 0.748. The maximum atomic E-state index is 13.5. The van der Waals surface area contributed by atoms with Gasteiger partial charge in [0.05, 0.1) is 12.8 Å². The van der Waals surface area contributed by atoms with Crippen molar-refractivity contribution in [3.8, 4) is 0 Å². The molecule has 82 valence electrons. The van der Waals surface area contributed by atoms with Gasteiger partial charge in [0.1, 0.15) is 12.9 Å². The van der Waals surface area contributed by atoms with Gasteiger partial charge >= 0.3 is 5.97 Å². The number of esters is 1. The van der Waals surface area contributed by atoms with Gasteiger partial charge in [0.15, 0.2) is 11.6 Å². The Balaban J connectivity index is 2.73. The van der Waals surface area contributed by atoms with Gasteiger partial charge in [-0.1, -0.05) is 6.92 Å². The molecule has 1 aromatic rings. The Morgan fingerprint density at radius 2 is 2.33 bits per heavy atom. The topological polar surface area (TPSA) is 64.1 Å². The molecule has 0 fully saturated rings. The lowest BCUT2D eigenvalue weighted by molar-refractivity contribution is -0.138. The number of nitrogens with zero attached hydrogens (tertiary/aromatic N) is 2. The normalized spacial score (nSPS) is 9.80. The van der Waals surface area contributed by atoms with Crippen LogP contribution in [0, 0.1) is 5.82 Å². The van der Waals surface area contributed by atoms with Crippen LogP contribution < -0.4 is 5.32 Å². The third-order valence-corrected chi connectivity index (χ3v) is 1.82. The lowest BCUT2D eigenvalue weighted by Gasteiger charge is -2.06. The van der Waals surface area contributed by atoms with Crippen molar-refractivity contribution < 1.29 is 13.9 Å². The van der Waals surface area contributed by atoms with Crippen molar-refractivity contribution in [1.29, 1.82) is 0 Å². The van der Waals surface area contributed by atoms with Gasteiger partial charge in [-0.25, -0.2) is 14.4 Å². The Kier molecular flexibility index (Phi) is 3.96. The Morgan fingerprint density at radius 1 is 1.60 bits per heavy atom. The van der Waals surface area contributed by atoms with E-state index < -0.39 is 11.8 Å². The van der Waals surface area contributed by atoms with Crippen molar-refractivity contribution in [3.63, 3.8) is 0 Å². The molecule has 15 heavy (non-hydrogen) atoms. The number of nitrogens with one attached hydrogen (secondary N) is 1. The molecule has 1 aromatic heterocycles. The molecule has 5 nitrogen and oxygen atoms in total. The fourth-order valence-electron chi connectivity index (χ4n) is 1.00. The minimum absolute atomic E-state index is 0.0206. The van der Waals surface area contributed by atoms with Crippen molar-refractivity contribution in [3.05, 3.63) is 17.8 Å². The molecule has 6 heteroatoms. The second-order valence-electron chi connectivity index (χ2n) is 2.77. The molecule has 0 aliphatic heterocycles. The molecule has 0 amide bonds. The van der Waals surface area contributed by atoms with E-state index in [1.807, 2.05) is 0 Å². The Bertz CT molecular complexity index is 357. The molecule has 0 aliphatic carbocycles. The number of halogens is 1. The lowest BCUT2D eigenvalue weighted by Crippen LogP contribution is -2.17. The van der Waals surface area contributed by atoms with E-state index in [0.29, 0.717) is 12.1 Å². The monoisotopic (exact) mass is 213 g/mol. The number of carbonyl (C=O) groups is 1. The second kappa shape index (κ2) is 5.23. The number of aromatic nitrogens is 2. The molecule has 0 atom stereocenters. The Morgan fingerprint density at radius 3 is 2.93 bits per heavy atom. The van der Waals surface area contributed by atoms with Crippen molar-refractivity contribution in [1.82, 2.24) is 9.97 Å². The molecule has 0 saturated carbocycles. The van der Waals surface area contributed by atoms with Crippen LogP contribution in [0.1, 0.15) is 12.6 Å². The summed E-state index contributed by atoms with van der Waals surface area (Å²) < 4.78 is 17.9. The van der Waals surface area contributed by atoms with Gasteiger partial charge in [0.2, 0.25) is 0 Å². The van der Waals surface area contributed by atoms with E-state index in [9.17, 15) is 9.18 Å². The van der Waals surface area contributed by atoms with Crippen molar-refractivity contribution in [2.75, 3.05) is 19.0 Å². The number of hydrogen-bond acceptors (Lipinski definition) is 5. The number of hydrogen-bond donors (Lipinski definition) is 1. The summed E-state index contributed by atoms with van der Waals surface area (Å²) in [6.07, 6.45) is 1.72. The van der Waals surface area contributed by atoms with Crippen molar-refractivity contribution in [2.45, 2.75) is 13.3 Å². The summed E-state index contributed by atoms with van der Waals surface area (Å²) in [5.74, 6) is -0.984. The van der Waals surface area contributed by atoms with E-state index >= 15 is 0 Å². The van der Waals surface area contributed by atoms with E-state index in [2.05, 4.69) is 20.0 Å². The molecule has 0 aliphatic rings. The van der Waals surface area contributed by atoms with Crippen LogP contribution in [-0.2, 0) is 16.0 Å². The fourth-order valence-corrected chi connectivity index (χ4v) is 1.00. The highest BCUT2D eigenvalue weighted by Crippen LogP contribution is 2.12. The number of anilines is 1. The second-order valence-corrected chi connectivity index (χ2v) is 2.77. The summed E-state index contributed by atoms with van der Waals surface area (Å²) in [4.78, 5) is 18.3. The maximum absolute atomic E-state index is 13.5. The van der Waals surface area contributed by atoms with Crippen LogP contribution >= 0.6 is 0 Å². The minimum atomic E-state index is -0.524. The van der Waals surface area contributed by atoms with Gasteiger partial charge < -0.3 is 10.1 Å². The van der Waals surface area contributed by atoms with Gasteiger partial charge in [-0.2, -0.15) is 0 Å². The van der Waals surface area contributed by atoms with E-state index in [0.717, 1.165) is 0 Å². The minimum Gasteiger partial charge on any atom is -0.468 e. The van der Waals surface area contributed by atoms with Crippen LogP contribution in [0.5, 0.6) is 0 Å². The first-order valence-electron chi connectivity index (χ1n) is 4.49. The van der Waals surface area contributed by atoms with Crippen LogP contribution in [0.2, 0.25) is 0 Å². The Labute approximate surface area is 86.7 Å². The highest BCUT2D eigenvalue weighted by Gasteiger charge is 2.10. The summed E-state index contributed by atoms with van der Waals surface area (Å²) in [6.45, 7) is 1.67. The lowest BCUT2D eigenvalue weighted by atomic mass is 10.3. The van der Waals surface area contributed by atoms with Crippen molar-refractivity contribution in [2.24, 2.45) is 0 Å². The standard InChI is InChI=1S/C9H12FN3O2/c1-3-6-8(10)9(13-5-12-6)11-4-7(14)15-2/h5H,3-4H2,1-2H3,(H,11,12,13). The maximum Gasteiger partial charge on any atom is 0.325 e. The molecule has 1 N–H and O–H groups in total. The summed E-state index contributed by atoms with van der Waals surface area (Å²) in [6, 6.07) is 0. The van der Waals surface area contributed by atoms with Crippen LogP contribution in [0.25, 0.3) is 0 Å². The first kappa shape index (κ1) is 11.4. The van der Waals surface area contributed by atoms with Crippen LogP contribution in [0.15, 0.2) is 6.33 Å². The largest absolute Gasteiger partial charge is 0.468 e. The van der Waals surface area contributed by atoms with Gasteiger partial charge in [0, 0.05) is 0 Å². The highest BCUT2D eigenvalue weighted by atomic mass is 19.1. The van der Waals surface area contributed by atoms with Crippen LogP contribution in [0.3, 0.4) is 0 Å². The van der Waals surface area contributed by atoms with Gasteiger partial charge in [-0.15, -0.1) is 0 Å². The Hall–Kier alpha value is -1.72. The fraction of sp³-hybridized carbons (Fsp3) is 0.444. The molecular weight excluding hydrogens is 201 g/mol. The average molecular weight is 213 g/mol. The number of methoxy groups -OCH3 is 1. The molecule has 1 rings (SSSR count).